The minimum absolute atomic E-state index is 0.342. The average Bonchev–Trinajstić information content (AvgIpc) is 3.54. The van der Waals surface area contributed by atoms with Gasteiger partial charge in [-0.05, 0) is 58.8 Å². The highest BCUT2D eigenvalue weighted by atomic mass is 16.3. The van der Waals surface area contributed by atoms with Crippen molar-refractivity contribution in [3.05, 3.63) is 157 Å². The fourth-order valence-corrected chi connectivity index (χ4v) is 6.47. The van der Waals surface area contributed by atoms with E-state index in [9.17, 15) is 0 Å². The molecule has 0 spiro atoms. The van der Waals surface area contributed by atoms with Crippen molar-refractivity contribution in [1.82, 2.24) is 9.97 Å². The van der Waals surface area contributed by atoms with Gasteiger partial charge in [0.1, 0.15) is 16.9 Å². The number of allylic oxidation sites excluding steroid dienone is 1. The number of para-hydroxylation sites is 2. The van der Waals surface area contributed by atoms with E-state index in [-0.39, 0.29) is 0 Å². The third-order valence-electron chi connectivity index (χ3n) is 8.78. The summed E-state index contributed by atoms with van der Waals surface area (Å²) in [4.78, 5) is 10.3. The Kier molecular flexibility index (Phi) is 6.50. The highest BCUT2D eigenvalue weighted by Crippen LogP contribution is 2.38. The van der Waals surface area contributed by atoms with Crippen LogP contribution in [0, 0.1) is 5.41 Å². The van der Waals surface area contributed by atoms with Crippen LogP contribution >= 0.6 is 0 Å². The Morgan fingerprint density at radius 3 is 2.23 bits per heavy atom. The van der Waals surface area contributed by atoms with Crippen LogP contribution in [0.1, 0.15) is 11.1 Å². The first kappa shape index (κ1) is 27.6. The molecule has 6 heteroatoms. The third kappa shape index (κ3) is 4.75. The molecule has 0 saturated heterocycles. The zero-order valence-electron chi connectivity index (χ0n) is 25.7. The summed E-state index contributed by atoms with van der Waals surface area (Å²) >= 11 is 0. The molecule has 0 radical (unpaired) electrons. The summed E-state index contributed by atoms with van der Waals surface area (Å²) in [6.45, 7) is 0. The number of fused-ring (bicyclic) bond motifs is 6. The molecule has 0 saturated carbocycles. The summed E-state index contributed by atoms with van der Waals surface area (Å²) in [5, 5.41) is 17.6. The van der Waals surface area contributed by atoms with Gasteiger partial charge in [0, 0.05) is 33.0 Å². The van der Waals surface area contributed by atoms with Gasteiger partial charge >= 0.3 is 0 Å². The molecule has 2 aromatic heterocycles. The summed E-state index contributed by atoms with van der Waals surface area (Å²) in [5.41, 5.74) is 13.0. The van der Waals surface area contributed by atoms with Crippen molar-refractivity contribution in [3.8, 4) is 33.9 Å². The fraction of sp³-hybridized carbons (Fsp3) is 0. The van der Waals surface area contributed by atoms with Gasteiger partial charge in [0.15, 0.2) is 5.82 Å². The van der Waals surface area contributed by atoms with E-state index in [2.05, 4.69) is 66.1 Å². The first-order chi connectivity index (χ1) is 23.7. The molecule has 9 rings (SSSR count). The summed E-state index contributed by atoms with van der Waals surface area (Å²) < 4.78 is 6.23. The van der Waals surface area contributed by atoms with Crippen LogP contribution in [-0.4, -0.2) is 21.4 Å². The molecule has 48 heavy (non-hydrogen) atoms. The van der Waals surface area contributed by atoms with E-state index >= 15 is 0 Å². The van der Waals surface area contributed by atoms with Gasteiger partial charge in [-0.1, -0.05) is 109 Å². The average molecular weight is 618 g/mol. The zero-order chi connectivity index (χ0) is 32.0. The van der Waals surface area contributed by atoms with Gasteiger partial charge in [0.2, 0.25) is 0 Å². The molecule has 2 heterocycles. The number of hydrazone groups is 1. The number of anilines is 1. The van der Waals surface area contributed by atoms with E-state index in [0.717, 1.165) is 77.6 Å². The number of benzene rings is 6. The largest absolute Gasteiger partial charge is 0.456 e. The number of rotatable bonds is 5. The summed E-state index contributed by atoms with van der Waals surface area (Å²) in [7, 11) is 0. The topological polar surface area (TPSA) is 87.2 Å². The van der Waals surface area contributed by atoms with Gasteiger partial charge in [-0.2, -0.15) is 5.10 Å². The lowest BCUT2D eigenvalue weighted by Gasteiger charge is -2.18. The monoisotopic (exact) mass is 617 g/mol. The number of furan rings is 1. The van der Waals surface area contributed by atoms with Crippen molar-refractivity contribution in [2.75, 3.05) is 5.43 Å². The van der Waals surface area contributed by atoms with Crippen molar-refractivity contribution in [2.24, 2.45) is 5.10 Å². The van der Waals surface area contributed by atoms with Crippen LogP contribution in [0.4, 0.5) is 5.69 Å². The van der Waals surface area contributed by atoms with Crippen molar-refractivity contribution in [2.45, 2.75) is 0 Å². The van der Waals surface area contributed by atoms with Crippen LogP contribution in [0.3, 0.4) is 0 Å². The predicted octanol–water partition coefficient (Wildman–Crippen LogP) is 10.4. The number of hydrogen-bond donors (Lipinski definition) is 2. The molecule has 0 bridgehead atoms. The van der Waals surface area contributed by atoms with E-state index < -0.39 is 0 Å². The van der Waals surface area contributed by atoms with Gasteiger partial charge in [0.05, 0.1) is 22.8 Å². The van der Waals surface area contributed by atoms with Crippen molar-refractivity contribution >= 4 is 55.9 Å². The van der Waals surface area contributed by atoms with Crippen LogP contribution in [0.15, 0.2) is 155 Å². The van der Waals surface area contributed by atoms with Gasteiger partial charge in [-0.3, -0.25) is 10.8 Å². The molecule has 0 unspecified atom stereocenters. The summed E-state index contributed by atoms with van der Waals surface area (Å²) in [5.74, 6) is 0.609. The molecule has 1 aliphatic rings. The molecule has 0 atom stereocenters. The van der Waals surface area contributed by atoms with Crippen molar-refractivity contribution in [3.63, 3.8) is 0 Å². The van der Waals surface area contributed by atoms with Crippen LogP contribution in [0.5, 0.6) is 0 Å². The molecule has 0 aliphatic heterocycles. The van der Waals surface area contributed by atoms with Gasteiger partial charge in [-0.15, -0.1) is 0 Å². The lowest BCUT2D eigenvalue weighted by molar-refractivity contribution is 0.669. The number of nitrogens with one attached hydrogen (secondary N) is 2. The molecule has 0 amide bonds. The minimum Gasteiger partial charge on any atom is -0.456 e. The first-order valence-corrected chi connectivity index (χ1v) is 15.8. The Morgan fingerprint density at radius 1 is 0.604 bits per heavy atom. The van der Waals surface area contributed by atoms with Crippen molar-refractivity contribution in [1.29, 1.82) is 5.41 Å². The van der Waals surface area contributed by atoms with Crippen molar-refractivity contribution < 1.29 is 4.42 Å². The Labute approximate surface area is 276 Å². The van der Waals surface area contributed by atoms with Gasteiger partial charge in [-0.25, -0.2) is 9.97 Å². The number of nitrogens with zero attached hydrogens (tertiary/aromatic N) is 3. The molecule has 6 nitrogen and oxygen atoms in total. The predicted molar refractivity (Wildman–Crippen MR) is 196 cm³/mol. The molecule has 0 fully saturated rings. The lowest BCUT2D eigenvalue weighted by atomic mass is 9.88. The van der Waals surface area contributed by atoms with Crippen LogP contribution in [0.2, 0.25) is 0 Å². The molecule has 8 aromatic rings. The third-order valence-corrected chi connectivity index (χ3v) is 8.78. The Hall–Kier alpha value is -6.66. The van der Waals surface area contributed by atoms with E-state index in [1.54, 1.807) is 6.08 Å². The summed E-state index contributed by atoms with van der Waals surface area (Å²) in [6.07, 6.45) is 3.77. The van der Waals surface area contributed by atoms with E-state index in [0.29, 0.717) is 17.2 Å². The fourth-order valence-electron chi connectivity index (χ4n) is 6.47. The lowest BCUT2D eigenvalue weighted by Crippen LogP contribution is -2.19. The zero-order valence-corrected chi connectivity index (χ0v) is 25.7. The second-order valence-corrected chi connectivity index (χ2v) is 11.8. The quantitative estimate of drug-likeness (QED) is 0.188. The van der Waals surface area contributed by atoms with Gasteiger partial charge in [0.25, 0.3) is 0 Å². The van der Waals surface area contributed by atoms with Crippen LogP contribution in [-0.2, 0) is 0 Å². The van der Waals surface area contributed by atoms with Crippen LogP contribution < -0.4 is 5.43 Å². The smallest absolute Gasteiger partial charge is 0.160 e. The maximum Gasteiger partial charge on any atom is 0.160 e. The molecular formula is C42H27N5O. The first-order valence-electron chi connectivity index (χ1n) is 15.8. The van der Waals surface area contributed by atoms with E-state index in [1.807, 2.05) is 84.9 Å². The Balaban J connectivity index is 1.25. The highest BCUT2D eigenvalue weighted by Gasteiger charge is 2.21. The summed E-state index contributed by atoms with van der Waals surface area (Å²) in [6, 6.07) is 46.8. The minimum atomic E-state index is 0.342. The normalized spacial score (nSPS) is 13.4. The van der Waals surface area contributed by atoms with Crippen LogP contribution in [0.25, 0.3) is 72.7 Å². The highest BCUT2D eigenvalue weighted by molar-refractivity contribution is 6.55. The SMILES string of the molecule is N=C1C=Cc2ccc3ccc(-c4nc(-c5ccccc5)cc(-c5cccc6oc7ccccc7c56)n4)cc3c2/C1=N/Nc1ccccc1. The van der Waals surface area contributed by atoms with E-state index in [4.69, 9.17) is 24.9 Å². The van der Waals surface area contributed by atoms with E-state index in [1.165, 1.54) is 0 Å². The Bertz CT molecular complexity index is 2600. The second-order valence-electron chi connectivity index (χ2n) is 11.8. The molecule has 2 N–H and O–H groups in total. The second kappa shape index (κ2) is 11.3. The molecule has 226 valence electrons. The molecule has 1 aliphatic carbocycles. The maximum atomic E-state index is 8.80. The number of hydrogen-bond acceptors (Lipinski definition) is 6. The molecule has 6 aromatic carbocycles. The van der Waals surface area contributed by atoms with Gasteiger partial charge < -0.3 is 4.42 Å². The Morgan fingerprint density at radius 2 is 1.35 bits per heavy atom. The number of aromatic nitrogens is 2. The molecular weight excluding hydrogens is 590 g/mol. The maximum absolute atomic E-state index is 8.80. The standard InChI is InChI=1S/C42H27N5O/c43-34-23-22-28-20-18-26-19-21-29(24-33(26)39(28)41(34)47-46-30-12-5-2-6-13-30)42-44-35(27-10-3-1-4-11-27)25-36(45-42)31-15-9-17-38-40(31)32-14-7-8-16-37(32)48-38/h1-25,43,46H/b43-34?,47-41+.